The number of aliphatic hydroxyl groups excluding tert-OH is 1. The molecule has 0 saturated heterocycles. The van der Waals surface area contributed by atoms with Crippen molar-refractivity contribution in [1.29, 1.82) is 0 Å². The van der Waals surface area contributed by atoms with Crippen LogP contribution < -0.4 is 5.73 Å². The molecule has 11 heavy (non-hydrogen) atoms. The van der Waals surface area contributed by atoms with Crippen molar-refractivity contribution in [2.75, 3.05) is 6.54 Å². The van der Waals surface area contributed by atoms with E-state index in [0.29, 0.717) is 18.7 Å². The van der Waals surface area contributed by atoms with E-state index in [1.807, 2.05) is 0 Å². The fraction of sp³-hybridized carbons (Fsp3) is 0.667. The summed E-state index contributed by atoms with van der Waals surface area (Å²) >= 11 is 0. The molecule has 0 fully saturated rings. The number of rotatable bonds is 3. The fourth-order valence-electron chi connectivity index (χ4n) is 0.905. The molecule has 0 bridgehead atoms. The Morgan fingerprint density at radius 3 is 3.00 bits per heavy atom. The van der Waals surface area contributed by atoms with Crippen LogP contribution in [0.15, 0.2) is 6.20 Å². The summed E-state index contributed by atoms with van der Waals surface area (Å²) in [4.78, 5) is 0. The fourth-order valence-corrected chi connectivity index (χ4v) is 0.905. The summed E-state index contributed by atoms with van der Waals surface area (Å²) in [5.41, 5.74) is 5.98. The Labute approximate surface area is 64.8 Å². The van der Waals surface area contributed by atoms with Gasteiger partial charge in [-0.25, -0.2) is 4.68 Å². The Hall–Kier alpha value is -0.940. The molecule has 1 aromatic heterocycles. The van der Waals surface area contributed by atoms with Crippen molar-refractivity contribution in [3.8, 4) is 0 Å². The summed E-state index contributed by atoms with van der Waals surface area (Å²) in [7, 11) is 1.74. The highest BCUT2D eigenvalue weighted by atomic mass is 16.3. The molecule has 0 spiro atoms. The van der Waals surface area contributed by atoms with Gasteiger partial charge >= 0.3 is 0 Å². The summed E-state index contributed by atoms with van der Waals surface area (Å²) in [5.74, 6) is 0. The van der Waals surface area contributed by atoms with Crippen molar-refractivity contribution in [2.45, 2.75) is 12.5 Å². The molecule has 1 heterocycles. The topological polar surface area (TPSA) is 77.0 Å². The SMILES string of the molecule is Cn1nncc1C(O)CCN. The van der Waals surface area contributed by atoms with E-state index in [4.69, 9.17) is 5.73 Å². The molecule has 0 radical (unpaired) electrons. The van der Waals surface area contributed by atoms with Gasteiger partial charge in [0, 0.05) is 7.05 Å². The third-order valence-electron chi connectivity index (χ3n) is 1.53. The van der Waals surface area contributed by atoms with Crippen molar-refractivity contribution in [2.24, 2.45) is 12.8 Å². The average molecular weight is 156 g/mol. The number of nitrogens with two attached hydrogens (primary N) is 1. The molecule has 1 unspecified atom stereocenters. The van der Waals surface area contributed by atoms with E-state index in [1.165, 1.54) is 0 Å². The third kappa shape index (κ3) is 1.75. The first kappa shape index (κ1) is 8.16. The van der Waals surface area contributed by atoms with Crippen LogP contribution in [0.5, 0.6) is 0 Å². The summed E-state index contributed by atoms with van der Waals surface area (Å²) < 4.78 is 1.54. The Balaban J connectivity index is 2.67. The third-order valence-corrected chi connectivity index (χ3v) is 1.53. The number of aromatic nitrogens is 3. The number of aryl methyl sites for hydroxylation is 1. The van der Waals surface area contributed by atoms with Crippen molar-refractivity contribution >= 4 is 0 Å². The number of nitrogens with zero attached hydrogens (tertiary/aromatic N) is 3. The molecular weight excluding hydrogens is 144 g/mol. The normalized spacial score (nSPS) is 13.4. The molecular formula is C6H12N4O. The highest BCUT2D eigenvalue weighted by Crippen LogP contribution is 2.12. The van der Waals surface area contributed by atoms with Gasteiger partial charge in [-0.3, -0.25) is 0 Å². The van der Waals surface area contributed by atoms with Gasteiger partial charge in [0.05, 0.1) is 18.0 Å². The maximum Gasteiger partial charge on any atom is 0.0984 e. The zero-order chi connectivity index (χ0) is 8.27. The molecule has 0 aromatic carbocycles. The lowest BCUT2D eigenvalue weighted by atomic mass is 10.2. The Morgan fingerprint density at radius 2 is 2.55 bits per heavy atom. The van der Waals surface area contributed by atoms with Crippen molar-refractivity contribution < 1.29 is 5.11 Å². The van der Waals surface area contributed by atoms with Gasteiger partial charge in [-0.1, -0.05) is 5.21 Å². The second kappa shape index (κ2) is 3.45. The molecule has 3 N–H and O–H groups in total. The van der Waals surface area contributed by atoms with E-state index in [9.17, 15) is 5.11 Å². The minimum Gasteiger partial charge on any atom is -0.387 e. The van der Waals surface area contributed by atoms with Crippen molar-refractivity contribution in [1.82, 2.24) is 15.0 Å². The van der Waals surface area contributed by atoms with Crippen LogP contribution in [-0.2, 0) is 7.05 Å². The molecule has 1 atom stereocenters. The van der Waals surface area contributed by atoms with Gasteiger partial charge in [-0.15, -0.1) is 5.10 Å². The van der Waals surface area contributed by atoms with Gasteiger partial charge in [0.15, 0.2) is 0 Å². The van der Waals surface area contributed by atoms with Gasteiger partial charge in [-0.05, 0) is 13.0 Å². The smallest absolute Gasteiger partial charge is 0.0984 e. The molecule has 1 rings (SSSR count). The zero-order valence-electron chi connectivity index (χ0n) is 6.44. The molecule has 0 saturated carbocycles. The van der Waals surface area contributed by atoms with E-state index in [1.54, 1.807) is 17.9 Å². The average Bonchev–Trinajstić information content (AvgIpc) is 2.36. The van der Waals surface area contributed by atoms with Crippen LogP contribution in [0.3, 0.4) is 0 Å². The lowest BCUT2D eigenvalue weighted by Crippen LogP contribution is -2.10. The lowest BCUT2D eigenvalue weighted by molar-refractivity contribution is 0.160. The highest BCUT2D eigenvalue weighted by molar-refractivity contribution is 4.97. The largest absolute Gasteiger partial charge is 0.387 e. The minimum atomic E-state index is -0.542. The van der Waals surface area contributed by atoms with Crippen LogP contribution in [0.2, 0.25) is 0 Å². The van der Waals surface area contributed by atoms with Crippen LogP contribution in [0, 0.1) is 0 Å². The van der Waals surface area contributed by atoms with Crippen molar-refractivity contribution in [3.63, 3.8) is 0 Å². The number of hydrogen-bond donors (Lipinski definition) is 2. The van der Waals surface area contributed by atoms with E-state index in [2.05, 4.69) is 10.3 Å². The van der Waals surface area contributed by atoms with Crippen LogP contribution in [0.4, 0.5) is 0 Å². The van der Waals surface area contributed by atoms with Gasteiger partial charge in [0.25, 0.3) is 0 Å². The van der Waals surface area contributed by atoms with Gasteiger partial charge in [-0.2, -0.15) is 0 Å². The number of hydrogen-bond acceptors (Lipinski definition) is 4. The highest BCUT2D eigenvalue weighted by Gasteiger charge is 2.10. The zero-order valence-corrected chi connectivity index (χ0v) is 6.44. The first-order chi connectivity index (χ1) is 5.25. The van der Waals surface area contributed by atoms with Crippen LogP contribution in [0.1, 0.15) is 18.2 Å². The number of aliphatic hydroxyl groups is 1. The predicted molar refractivity (Wildman–Crippen MR) is 39.6 cm³/mol. The summed E-state index contributed by atoms with van der Waals surface area (Å²) in [6.45, 7) is 0.465. The summed E-state index contributed by atoms with van der Waals surface area (Å²) in [6, 6.07) is 0. The van der Waals surface area contributed by atoms with Crippen molar-refractivity contribution in [3.05, 3.63) is 11.9 Å². The van der Waals surface area contributed by atoms with E-state index in [-0.39, 0.29) is 0 Å². The molecule has 0 aliphatic heterocycles. The molecule has 5 heteroatoms. The molecule has 5 nitrogen and oxygen atoms in total. The first-order valence-electron chi connectivity index (χ1n) is 3.48. The van der Waals surface area contributed by atoms with Gasteiger partial charge in [0.1, 0.15) is 0 Å². The molecule has 0 aliphatic carbocycles. The second-order valence-electron chi connectivity index (χ2n) is 2.38. The van der Waals surface area contributed by atoms with E-state index in [0.717, 1.165) is 0 Å². The van der Waals surface area contributed by atoms with E-state index < -0.39 is 6.10 Å². The van der Waals surface area contributed by atoms with Gasteiger partial charge < -0.3 is 10.8 Å². The first-order valence-corrected chi connectivity index (χ1v) is 3.48. The Bertz CT molecular complexity index is 222. The van der Waals surface area contributed by atoms with Gasteiger partial charge in [0.2, 0.25) is 0 Å². The predicted octanol–water partition coefficient (Wildman–Crippen LogP) is -0.803. The molecule has 62 valence electrons. The second-order valence-corrected chi connectivity index (χ2v) is 2.38. The Kier molecular flexibility index (Phi) is 2.56. The van der Waals surface area contributed by atoms with Crippen LogP contribution in [-0.4, -0.2) is 26.6 Å². The maximum atomic E-state index is 9.41. The minimum absolute atomic E-state index is 0.465. The monoisotopic (exact) mass is 156 g/mol. The standard InChI is InChI=1S/C6H12N4O/c1-10-5(4-8-9-10)6(11)2-3-7/h4,6,11H,2-3,7H2,1H3. The maximum absolute atomic E-state index is 9.41. The quantitative estimate of drug-likeness (QED) is 0.600. The summed E-state index contributed by atoms with van der Waals surface area (Å²) in [5, 5.41) is 16.7. The van der Waals surface area contributed by atoms with Crippen LogP contribution in [0.25, 0.3) is 0 Å². The lowest BCUT2D eigenvalue weighted by Gasteiger charge is -2.07. The molecule has 1 aromatic rings. The molecule has 0 amide bonds. The molecule has 0 aliphatic rings. The van der Waals surface area contributed by atoms with Crippen LogP contribution >= 0.6 is 0 Å². The Morgan fingerprint density at radius 1 is 1.82 bits per heavy atom. The summed E-state index contributed by atoms with van der Waals surface area (Å²) in [6.07, 6.45) is 1.54. The van der Waals surface area contributed by atoms with E-state index >= 15 is 0 Å².